The Bertz CT molecular complexity index is 270. The van der Waals surface area contributed by atoms with Crippen LogP contribution in [0.4, 0.5) is 0 Å². The lowest BCUT2D eigenvalue weighted by atomic mass is 10.2. The van der Waals surface area contributed by atoms with Gasteiger partial charge in [-0.2, -0.15) is 0 Å². The molecule has 0 aliphatic carbocycles. The Morgan fingerprint density at radius 3 is 2.46 bits per heavy atom. The van der Waals surface area contributed by atoms with Crippen molar-refractivity contribution >= 4 is 5.97 Å². The quantitative estimate of drug-likeness (QED) is 0.654. The SMILES string of the molecule is CN(C)OC(=O)Cc1ccccc1. The zero-order valence-corrected chi connectivity index (χ0v) is 7.86. The molecule has 0 aliphatic rings. The van der Waals surface area contributed by atoms with Gasteiger partial charge in [0.15, 0.2) is 0 Å². The zero-order valence-electron chi connectivity index (χ0n) is 7.86. The largest absolute Gasteiger partial charge is 0.368 e. The molecule has 0 aromatic heterocycles. The van der Waals surface area contributed by atoms with E-state index in [1.54, 1.807) is 14.1 Å². The van der Waals surface area contributed by atoms with E-state index in [0.717, 1.165) is 5.56 Å². The average Bonchev–Trinajstić information content (AvgIpc) is 2.04. The summed E-state index contributed by atoms with van der Waals surface area (Å²) in [6.07, 6.45) is 0.318. The van der Waals surface area contributed by atoms with Crippen molar-refractivity contribution in [2.45, 2.75) is 6.42 Å². The molecule has 0 radical (unpaired) electrons. The van der Waals surface area contributed by atoms with Crippen LogP contribution in [0.25, 0.3) is 0 Å². The molecule has 3 nitrogen and oxygen atoms in total. The van der Waals surface area contributed by atoms with E-state index in [2.05, 4.69) is 0 Å². The van der Waals surface area contributed by atoms with E-state index in [0.29, 0.717) is 6.42 Å². The highest BCUT2D eigenvalue weighted by molar-refractivity contribution is 5.72. The lowest BCUT2D eigenvalue weighted by molar-refractivity contribution is -0.177. The Balaban J connectivity index is 2.46. The molecular formula is C10H13NO2. The van der Waals surface area contributed by atoms with Gasteiger partial charge < -0.3 is 4.84 Å². The van der Waals surface area contributed by atoms with Crippen LogP contribution < -0.4 is 0 Å². The van der Waals surface area contributed by atoms with Crippen molar-refractivity contribution < 1.29 is 9.63 Å². The molecule has 0 aliphatic heterocycles. The van der Waals surface area contributed by atoms with Crippen LogP contribution in [0.5, 0.6) is 0 Å². The molecule has 0 saturated heterocycles. The van der Waals surface area contributed by atoms with Crippen LogP contribution in [0.2, 0.25) is 0 Å². The molecule has 0 saturated carbocycles. The number of hydrogen-bond acceptors (Lipinski definition) is 3. The highest BCUT2D eigenvalue weighted by Gasteiger charge is 2.04. The van der Waals surface area contributed by atoms with E-state index in [9.17, 15) is 4.79 Å². The maximum Gasteiger partial charge on any atom is 0.329 e. The van der Waals surface area contributed by atoms with Crippen LogP contribution in [0.15, 0.2) is 30.3 Å². The second-order valence-corrected chi connectivity index (χ2v) is 2.94. The fraction of sp³-hybridized carbons (Fsp3) is 0.300. The van der Waals surface area contributed by atoms with Gasteiger partial charge in [0.2, 0.25) is 0 Å². The first-order chi connectivity index (χ1) is 6.18. The third-order valence-electron chi connectivity index (χ3n) is 1.48. The molecule has 13 heavy (non-hydrogen) atoms. The molecular weight excluding hydrogens is 166 g/mol. The Hall–Kier alpha value is -1.35. The topological polar surface area (TPSA) is 29.5 Å². The number of hydrogen-bond donors (Lipinski definition) is 0. The molecule has 0 spiro atoms. The summed E-state index contributed by atoms with van der Waals surface area (Å²) >= 11 is 0. The summed E-state index contributed by atoms with van der Waals surface area (Å²) in [7, 11) is 3.37. The fourth-order valence-electron chi connectivity index (χ4n) is 0.998. The molecule has 1 aromatic rings. The van der Waals surface area contributed by atoms with Crippen LogP contribution in [-0.2, 0) is 16.1 Å². The van der Waals surface area contributed by atoms with Crippen molar-refractivity contribution in [2.75, 3.05) is 14.1 Å². The first-order valence-corrected chi connectivity index (χ1v) is 4.10. The maximum atomic E-state index is 11.2. The van der Waals surface area contributed by atoms with E-state index in [1.807, 2.05) is 30.3 Å². The van der Waals surface area contributed by atoms with Crippen LogP contribution >= 0.6 is 0 Å². The minimum absolute atomic E-state index is 0.240. The first-order valence-electron chi connectivity index (χ1n) is 4.10. The number of hydroxylamine groups is 2. The minimum atomic E-state index is -0.240. The van der Waals surface area contributed by atoms with E-state index in [4.69, 9.17) is 4.84 Å². The Morgan fingerprint density at radius 2 is 1.92 bits per heavy atom. The molecule has 0 bridgehead atoms. The Kier molecular flexibility index (Phi) is 3.46. The van der Waals surface area contributed by atoms with Gasteiger partial charge in [0, 0.05) is 14.1 Å². The van der Waals surface area contributed by atoms with Gasteiger partial charge in [-0.25, -0.2) is 4.79 Å². The van der Waals surface area contributed by atoms with Gasteiger partial charge in [-0.05, 0) is 5.56 Å². The van der Waals surface area contributed by atoms with Crippen molar-refractivity contribution in [3.05, 3.63) is 35.9 Å². The molecule has 1 rings (SSSR count). The van der Waals surface area contributed by atoms with Gasteiger partial charge in [0.05, 0.1) is 6.42 Å². The minimum Gasteiger partial charge on any atom is -0.368 e. The lowest BCUT2D eigenvalue weighted by Gasteiger charge is -2.09. The Labute approximate surface area is 77.9 Å². The predicted octanol–water partition coefficient (Wildman–Crippen LogP) is 1.25. The van der Waals surface area contributed by atoms with Crippen LogP contribution in [0.3, 0.4) is 0 Å². The van der Waals surface area contributed by atoms with Gasteiger partial charge in [-0.3, -0.25) is 0 Å². The lowest BCUT2D eigenvalue weighted by Crippen LogP contribution is -2.19. The normalized spacial score (nSPS) is 10.1. The number of rotatable bonds is 3. The molecule has 0 fully saturated rings. The molecule has 0 amide bonds. The highest BCUT2D eigenvalue weighted by Crippen LogP contribution is 2.00. The fourth-order valence-corrected chi connectivity index (χ4v) is 0.998. The summed E-state index contributed by atoms with van der Waals surface area (Å²) in [6, 6.07) is 9.52. The smallest absolute Gasteiger partial charge is 0.329 e. The molecule has 70 valence electrons. The highest BCUT2D eigenvalue weighted by atomic mass is 16.7. The van der Waals surface area contributed by atoms with Crippen molar-refractivity contribution in [3.63, 3.8) is 0 Å². The predicted molar refractivity (Wildman–Crippen MR) is 49.9 cm³/mol. The van der Waals surface area contributed by atoms with E-state index < -0.39 is 0 Å². The average molecular weight is 179 g/mol. The standard InChI is InChI=1S/C10H13NO2/c1-11(2)13-10(12)8-9-6-4-3-5-7-9/h3-7H,8H2,1-2H3. The number of carbonyl (C=O) groups is 1. The summed E-state index contributed by atoms with van der Waals surface area (Å²) in [5.41, 5.74) is 0.967. The summed E-state index contributed by atoms with van der Waals surface area (Å²) in [6.45, 7) is 0. The van der Waals surface area contributed by atoms with E-state index in [1.165, 1.54) is 5.06 Å². The summed E-state index contributed by atoms with van der Waals surface area (Å²) < 4.78 is 0. The first kappa shape index (κ1) is 9.74. The monoisotopic (exact) mass is 179 g/mol. The van der Waals surface area contributed by atoms with Crippen molar-refractivity contribution in [1.82, 2.24) is 5.06 Å². The Morgan fingerprint density at radius 1 is 1.31 bits per heavy atom. The van der Waals surface area contributed by atoms with Crippen LogP contribution in [0.1, 0.15) is 5.56 Å². The van der Waals surface area contributed by atoms with Gasteiger partial charge in [-0.15, -0.1) is 5.06 Å². The number of benzene rings is 1. The summed E-state index contributed by atoms with van der Waals surface area (Å²) in [5.74, 6) is -0.240. The number of nitrogens with zero attached hydrogens (tertiary/aromatic N) is 1. The van der Waals surface area contributed by atoms with Crippen molar-refractivity contribution in [2.24, 2.45) is 0 Å². The summed E-state index contributed by atoms with van der Waals surface area (Å²) in [4.78, 5) is 16.0. The maximum absolute atomic E-state index is 11.2. The third kappa shape index (κ3) is 3.71. The molecule has 0 heterocycles. The van der Waals surface area contributed by atoms with E-state index in [-0.39, 0.29) is 5.97 Å². The molecule has 0 unspecified atom stereocenters. The van der Waals surface area contributed by atoms with Crippen LogP contribution in [-0.4, -0.2) is 25.1 Å². The van der Waals surface area contributed by atoms with Gasteiger partial charge in [0.1, 0.15) is 0 Å². The second kappa shape index (κ2) is 4.62. The van der Waals surface area contributed by atoms with Gasteiger partial charge >= 0.3 is 5.97 Å². The van der Waals surface area contributed by atoms with Crippen molar-refractivity contribution in [3.8, 4) is 0 Å². The number of carbonyl (C=O) groups excluding carboxylic acids is 1. The van der Waals surface area contributed by atoms with Crippen LogP contribution in [0, 0.1) is 0 Å². The molecule has 1 aromatic carbocycles. The van der Waals surface area contributed by atoms with E-state index >= 15 is 0 Å². The third-order valence-corrected chi connectivity index (χ3v) is 1.48. The molecule has 3 heteroatoms. The molecule has 0 N–H and O–H groups in total. The summed E-state index contributed by atoms with van der Waals surface area (Å²) in [5, 5.41) is 1.39. The van der Waals surface area contributed by atoms with Gasteiger partial charge in [0.25, 0.3) is 0 Å². The molecule has 0 atom stereocenters. The zero-order chi connectivity index (χ0) is 9.68. The van der Waals surface area contributed by atoms with Crippen molar-refractivity contribution in [1.29, 1.82) is 0 Å². The van der Waals surface area contributed by atoms with Gasteiger partial charge in [-0.1, -0.05) is 30.3 Å². The second-order valence-electron chi connectivity index (χ2n) is 2.94.